The Morgan fingerprint density at radius 1 is 1.43 bits per heavy atom. The quantitative estimate of drug-likeness (QED) is 0.624. The number of hydrogen-bond donors (Lipinski definition) is 2. The zero-order chi connectivity index (χ0) is 10.4. The van der Waals surface area contributed by atoms with Crippen molar-refractivity contribution < 1.29 is 4.79 Å². The molecule has 0 aliphatic heterocycles. The second kappa shape index (κ2) is 5.81. The Labute approximate surface area is 86.0 Å². The van der Waals surface area contributed by atoms with Gasteiger partial charge in [-0.15, -0.1) is 0 Å². The van der Waals surface area contributed by atoms with E-state index in [4.69, 9.17) is 0 Å². The fourth-order valence-electron chi connectivity index (χ4n) is 1.14. The number of amides is 1. The molecule has 0 radical (unpaired) electrons. The predicted octanol–water partition coefficient (Wildman–Crippen LogP) is 1.07. The van der Waals surface area contributed by atoms with Gasteiger partial charge in [0.1, 0.15) is 0 Å². The van der Waals surface area contributed by atoms with Crippen LogP contribution in [0.2, 0.25) is 0 Å². The Morgan fingerprint density at radius 3 is 2.71 bits per heavy atom. The molecule has 0 unspecified atom stereocenters. The van der Waals surface area contributed by atoms with Crippen LogP contribution in [0.15, 0.2) is 11.6 Å². The highest BCUT2D eigenvalue weighted by Crippen LogP contribution is 2.27. The average Bonchev–Trinajstić information content (AvgIpc) is 2.87. The minimum Gasteiger partial charge on any atom is -0.352 e. The van der Waals surface area contributed by atoms with Gasteiger partial charge in [0.15, 0.2) is 0 Å². The van der Waals surface area contributed by atoms with E-state index in [2.05, 4.69) is 10.6 Å². The molecule has 2 N–H and O–H groups in total. The highest BCUT2D eigenvalue weighted by atomic mass is 16.1. The van der Waals surface area contributed by atoms with Crippen LogP contribution < -0.4 is 10.6 Å². The Balaban J connectivity index is 1.94. The third-order valence-electron chi connectivity index (χ3n) is 2.23. The first-order valence-electron chi connectivity index (χ1n) is 5.29. The Morgan fingerprint density at radius 2 is 2.14 bits per heavy atom. The maximum atomic E-state index is 11.2. The summed E-state index contributed by atoms with van der Waals surface area (Å²) >= 11 is 0. The zero-order valence-electron chi connectivity index (χ0n) is 9.10. The Hall–Kier alpha value is -0.830. The van der Waals surface area contributed by atoms with Crippen LogP contribution in [0.3, 0.4) is 0 Å². The van der Waals surface area contributed by atoms with Gasteiger partial charge in [0.05, 0.1) is 6.54 Å². The van der Waals surface area contributed by atoms with Gasteiger partial charge in [0.25, 0.3) is 0 Å². The molecule has 0 heterocycles. The third-order valence-corrected chi connectivity index (χ3v) is 2.23. The van der Waals surface area contributed by atoms with Gasteiger partial charge in [0.2, 0.25) is 5.91 Å². The number of hydrogen-bond acceptors (Lipinski definition) is 2. The molecular weight excluding hydrogens is 176 g/mol. The summed E-state index contributed by atoms with van der Waals surface area (Å²) in [5.74, 6) is 0.920. The molecule has 1 saturated carbocycles. The Bertz CT molecular complexity index is 215. The largest absolute Gasteiger partial charge is 0.352 e. The lowest BCUT2D eigenvalue weighted by atomic mass is 10.3. The molecular formula is C11H20N2O. The van der Waals surface area contributed by atoms with Crippen LogP contribution in [-0.4, -0.2) is 25.5 Å². The third kappa shape index (κ3) is 5.75. The molecule has 1 aliphatic rings. The van der Waals surface area contributed by atoms with E-state index in [0.717, 1.165) is 12.5 Å². The molecule has 1 rings (SSSR count). The van der Waals surface area contributed by atoms with E-state index in [9.17, 15) is 4.79 Å². The summed E-state index contributed by atoms with van der Waals surface area (Å²) in [6.07, 6.45) is 4.66. The number of carbonyl (C=O) groups excluding carboxylic acids is 1. The highest BCUT2D eigenvalue weighted by molar-refractivity contribution is 5.78. The molecule has 80 valence electrons. The normalized spacial score (nSPS) is 15.0. The van der Waals surface area contributed by atoms with Gasteiger partial charge in [-0.2, -0.15) is 0 Å². The summed E-state index contributed by atoms with van der Waals surface area (Å²) in [6, 6.07) is 0. The van der Waals surface area contributed by atoms with Crippen molar-refractivity contribution in [2.45, 2.75) is 26.7 Å². The Kier molecular flexibility index (Phi) is 4.66. The predicted molar refractivity (Wildman–Crippen MR) is 58.0 cm³/mol. The van der Waals surface area contributed by atoms with Crippen LogP contribution in [0.4, 0.5) is 0 Å². The fourth-order valence-corrected chi connectivity index (χ4v) is 1.14. The summed E-state index contributed by atoms with van der Waals surface area (Å²) in [5, 5.41) is 5.98. The van der Waals surface area contributed by atoms with Gasteiger partial charge in [-0.25, -0.2) is 0 Å². The van der Waals surface area contributed by atoms with E-state index in [-0.39, 0.29) is 5.91 Å². The van der Waals surface area contributed by atoms with Crippen LogP contribution in [-0.2, 0) is 4.79 Å². The van der Waals surface area contributed by atoms with Crippen molar-refractivity contribution in [2.24, 2.45) is 5.92 Å². The molecule has 1 aliphatic carbocycles. The summed E-state index contributed by atoms with van der Waals surface area (Å²) in [7, 11) is 0. The molecule has 0 bridgehead atoms. The highest BCUT2D eigenvalue weighted by Gasteiger charge is 2.20. The zero-order valence-corrected chi connectivity index (χ0v) is 9.10. The maximum Gasteiger partial charge on any atom is 0.234 e. The monoisotopic (exact) mass is 196 g/mol. The van der Waals surface area contributed by atoms with Crippen molar-refractivity contribution in [1.82, 2.24) is 10.6 Å². The lowest BCUT2D eigenvalue weighted by molar-refractivity contribution is -0.120. The minimum atomic E-state index is 0.0863. The average molecular weight is 196 g/mol. The summed E-state index contributed by atoms with van der Waals surface area (Å²) < 4.78 is 0. The molecule has 0 saturated heterocycles. The van der Waals surface area contributed by atoms with E-state index in [1.807, 2.05) is 19.9 Å². The molecule has 0 aromatic rings. The lowest BCUT2D eigenvalue weighted by Crippen LogP contribution is -2.34. The number of allylic oxidation sites excluding steroid dienone is 1. The van der Waals surface area contributed by atoms with Gasteiger partial charge in [0, 0.05) is 6.54 Å². The van der Waals surface area contributed by atoms with Crippen molar-refractivity contribution in [1.29, 1.82) is 0 Å². The van der Waals surface area contributed by atoms with E-state index in [1.54, 1.807) is 0 Å². The second-order valence-electron chi connectivity index (χ2n) is 4.16. The van der Waals surface area contributed by atoms with E-state index >= 15 is 0 Å². The summed E-state index contributed by atoms with van der Waals surface area (Å²) in [6.45, 7) is 6.14. The molecule has 0 aromatic carbocycles. The molecule has 14 heavy (non-hydrogen) atoms. The van der Waals surface area contributed by atoms with Crippen LogP contribution in [0.1, 0.15) is 26.7 Å². The first-order chi connectivity index (χ1) is 6.68. The van der Waals surface area contributed by atoms with Gasteiger partial charge in [-0.1, -0.05) is 11.6 Å². The van der Waals surface area contributed by atoms with Crippen LogP contribution >= 0.6 is 0 Å². The molecule has 0 spiro atoms. The molecule has 3 nitrogen and oxygen atoms in total. The molecule has 1 amide bonds. The first kappa shape index (κ1) is 11.2. The van der Waals surface area contributed by atoms with Crippen LogP contribution in [0, 0.1) is 5.92 Å². The van der Waals surface area contributed by atoms with Crippen LogP contribution in [0.25, 0.3) is 0 Å². The molecule has 3 heteroatoms. The van der Waals surface area contributed by atoms with E-state index in [0.29, 0.717) is 13.1 Å². The van der Waals surface area contributed by atoms with Gasteiger partial charge in [-0.05, 0) is 39.2 Å². The SMILES string of the molecule is CC(C)=CCNC(=O)CNCC1CC1. The summed E-state index contributed by atoms with van der Waals surface area (Å²) in [4.78, 5) is 11.2. The lowest BCUT2D eigenvalue weighted by Gasteiger charge is -2.03. The smallest absolute Gasteiger partial charge is 0.234 e. The van der Waals surface area contributed by atoms with Crippen molar-refractivity contribution in [3.05, 3.63) is 11.6 Å². The van der Waals surface area contributed by atoms with Gasteiger partial charge < -0.3 is 10.6 Å². The minimum absolute atomic E-state index is 0.0863. The number of rotatable bonds is 6. The fraction of sp³-hybridized carbons (Fsp3) is 0.727. The van der Waals surface area contributed by atoms with E-state index in [1.165, 1.54) is 18.4 Å². The number of nitrogens with one attached hydrogen (secondary N) is 2. The van der Waals surface area contributed by atoms with E-state index < -0.39 is 0 Å². The van der Waals surface area contributed by atoms with Gasteiger partial charge in [-0.3, -0.25) is 4.79 Å². The molecule has 0 atom stereocenters. The topological polar surface area (TPSA) is 41.1 Å². The maximum absolute atomic E-state index is 11.2. The van der Waals surface area contributed by atoms with Crippen molar-refractivity contribution in [2.75, 3.05) is 19.6 Å². The number of carbonyl (C=O) groups is 1. The van der Waals surface area contributed by atoms with Crippen molar-refractivity contribution in [3.63, 3.8) is 0 Å². The first-order valence-corrected chi connectivity index (χ1v) is 5.29. The van der Waals surface area contributed by atoms with Crippen LogP contribution in [0.5, 0.6) is 0 Å². The second-order valence-corrected chi connectivity index (χ2v) is 4.16. The summed E-state index contributed by atoms with van der Waals surface area (Å²) in [5.41, 5.74) is 1.23. The molecule has 1 fully saturated rings. The van der Waals surface area contributed by atoms with Crippen molar-refractivity contribution in [3.8, 4) is 0 Å². The van der Waals surface area contributed by atoms with Crippen molar-refractivity contribution >= 4 is 5.91 Å². The molecule has 0 aromatic heterocycles. The van der Waals surface area contributed by atoms with Gasteiger partial charge >= 0.3 is 0 Å². The standard InChI is InChI=1S/C11H20N2O/c1-9(2)5-6-13-11(14)8-12-7-10-3-4-10/h5,10,12H,3-4,6-8H2,1-2H3,(H,13,14).